The summed E-state index contributed by atoms with van der Waals surface area (Å²) in [6, 6.07) is 0.299. The van der Waals surface area contributed by atoms with E-state index >= 15 is 0 Å². The molecule has 0 saturated heterocycles. The second-order valence-electron chi connectivity index (χ2n) is 4.79. The van der Waals surface area contributed by atoms with E-state index in [1.807, 2.05) is 0 Å². The zero-order valence-corrected chi connectivity index (χ0v) is 13.1. The average Bonchev–Trinajstić information content (AvgIpc) is 2.45. The number of rotatable bonds is 9. The van der Waals surface area contributed by atoms with Gasteiger partial charge < -0.3 is 19.7 Å². The summed E-state index contributed by atoms with van der Waals surface area (Å²) in [6.07, 6.45) is 2.60. The van der Waals surface area contributed by atoms with Gasteiger partial charge in [0.2, 0.25) is 5.75 Å². The Bertz CT molecular complexity index is 399. The standard InChI is InChI=1S/C14H26N4O2/c1-6-7-15-13-12(20-5)14(17-10-16-13)18(11(2)3)8-9-19-4/h10-11H,6-9H2,1-5H3,(H,15,16,17). The molecule has 0 spiro atoms. The minimum atomic E-state index is 0.299. The molecule has 0 amide bonds. The van der Waals surface area contributed by atoms with Gasteiger partial charge in [-0.3, -0.25) is 0 Å². The summed E-state index contributed by atoms with van der Waals surface area (Å²) in [5.74, 6) is 2.22. The first-order valence-corrected chi connectivity index (χ1v) is 7.04. The van der Waals surface area contributed by atoms with Crippen LogP contribution in [0, 0.1) is 0 Å². The van der Waals surface area contributed by atoms with E-state index < -0.39 is 0 Å². The van der Waals surface area contributed by atoms with Gasteiger partial charge in [-0.25, -0.2) is 9.97 Å². The number of anilines is 2. The van der Waals surface area contributed by atoms with Crippen molar-refractivity contribution in [2.45, 2.75) is 33.2 Å². The summed E-state index contributed by atoms with van der Waals surface area (Å²) in [4.78, 5) is 10.8. The molecule has 1 aromatic rings. The van der Waals surface area contributed by atoms with Gasteiger partial charge in [0, 0.05) is 26.2 Å². The third-order valence-electron chi connectivity index (χ3n) is 2.96. The van der Waals surface area contributed by atoms with Gasteiger partial charge in [0.1, 0.15) is 6.33 Å². The van der Waals surface area contributed by atoms with Crippen molar-refractivity contribution < 1.29 is 9.47 Å². The van der Waals surface area contributed by atoms with Gasteiger partial charge >= 0.3 is 0 Å². The van der Waals surface area contributed by atoms with Crippen LogP contribution in [0.15, 0.2) is 6.33 Å². The van der Waals surface area contributed by atoms with Crippen LogP contribution in [0.3, 0.4) is 0 Å². The van der Waals surface area contributed by atoms with Gasteiger partial charge in [-0.05, 0) is 20.3 Å². The highest BCUT2D eigenvalue weighted by atomic mass is 16.5. The smallest absolute Gasteiger partial charge is 0.204 e. The van der Waals surface area contributed by atoms with Crippen molar-refractivity contribution >= 4 is 11.6 Å². The van der Waals surface area contributed by atoms with Crippen molar-refractivity contribution in [2.24, 2.45) is 0 Å². The van der Waals surface area contributed by atoms with Crippen LogP contribution >= 0.6 is 0 Å². The Labute approximate surface area is 121 Å². The Kier molecular flexibility index (Phi) is 7.08. The highest BCUT2D eigenvalue weighted by Gasteiger charge is 2.20. The molecule has 20 heavy (non-hydrogen) atoms. The van der Waals surface area contributed by atoms with Crippen LogP contribution in [0.1, 0.15) is 27.2 Å². The molecular weight excluding hydrogens is 256 g/mol. The molecule has 1 heterocycles. The molecule has 0 radical (unpaired) electrons. The largest absolute Gasteiger partial charge is 0.490 e. The number of nitrogens with one attached hydrogen (secondary N) is 1. The molecule has 1 N–H and O–H groups in total. The van der Waals surface area contributed by atoms with Crippen molar-refractivity contribution in [3.05, 3.63) is 6.33 Å². The molecule has 0 unspecified atom stereocenters. The lowest BCUT2D eigenvalue weighted by molar-refractivity contribution is 0.203. The predicted molar refractivity (Wildman–Crippen MR) is 81.7 cm³/mol. The highest BCUT2D eigenvalue weighted by Crippen LogP contribution is 2.32. The van der Waals surface area contributed by atoms with Gasteiger partial charge in [-0.2, -0.15) is 0 Å². The van der Waals surface area contributed by atoms with Gasteiger partial charge in [0.25, 0.3) is 0 Å². The van der Waals surface area contributed by atoms with E-state index in [0.717, 1.165) is 31.1 Å². The molecule has 6 nitrogen and oxygen atoms in total. The first kappa shape index (κ1) is 16.5. The van der Waals surface area contributed by atoms with E-state index in [2.05, 4.69) is 41.0 Å². The summed E-state index contributed by atoms with van der Waals surface area (Å²) < 4.78 is 10.7. The molecule has 0 saturated carbocycles. The van der Waals surface area contributed by atoms with Gasteiger partial charge in [0.15, 0.2) is 11.6 Å². The quantitative estimate of drug-likeness (QED) is 0.749. The number of nitrogens with zero attached hydrogens (tertiary/aromatic N) is 3. The van der Waals surface area contributed by atoms with E-state index in [-0.39, 0.29) is 0 Å². The monoisotopic (exact) mass is 282 g/mol. The molecule has 1 aromatic heterocycles. The Morgan fingerprint density at radius 1 is 1.30 bits per heavy atom. The minimum Gasteiger partial charge on any atom is -0.490 e. The second-order valence-corrected chi connectivity index (χ2v) is 4.79. The van der Waals surface area contributed by atoms with Crippen molar-refractivity contribution in [2.75, 3.05) is 44.1 Å². The van der Waals surface area contributed by atoms with Crippen LogP contribution in [0.5, 0.6) is 5.75 Å². The lowest BCUT2D eigenvalue weighted by Gasteiger charge is -2.29. The third-order valence-corrected chi connectivity index (χ3v) is 2.96. The van der Waals surface area contributed by atoms with E-state index in [9.17, 15) is 0 Å². The fraction of sp³-hybridized carbons (Fsp3) is 0.714. The molecule has 0 atom stereocenters. The normalized spacial score (nSPS) is 10.7. The van der Waals surface area contributed by atoms with Crippen LogP contribution in [0.25, 0.3) is 0 Å². The number of aromatic nitrogens is 2. The van der Waals surface area contributed by atoms with Crippen LogP contribution < -0.4 is 15.0 Å². The van der Waals surface area contributed by atoms with Crippen molar-refractivity contribution in [3.63, 3.8) is 0 Å². The highest BCUT2D eigenvalue weighted by molar-refractivity contribution is 5.65. The van der Waals surface area contributed by atoms with Crippen LogP contribution in [-0.4, -0.2) is 49.9 Å². The summed E-state index contributed by atoms with van der Waals surface area (Å²) in [6.45, 7) is 8.61. The molecule has 0 aromatic carbocycles. The van der Waals surface area contributed by atoms with Crippen LogP contribution in [0.4, 0.5) is 11.6 Å². The minimum absolute atomic E-state index is 0.299. The van der Waals surface area contributed by atoms with Gasteiger partial charge in [0.05, 0.1) is 13.7 Å². The Morgan fingerprint density at radius 2 is 2.05 bits per heavy atom. The number of methoxy groups -OCH3 is 2. The van der Waals surface area contributed by atoms with E-state index in [1.165, 1.54) is 0 Å². The molecule has 6 heteroatoms. The number of hydrogen-bond donors (Lipinski definition) is 1. The topological polar surface area (TPSA) is 59.5 Å². The fourth-order valence-corrected chi connectivity index (χ4v) is 1.92. The van der Waals surface area contributed by atoms with E-state index in [4.69, 9.17) is 9.47 Å². The predicted octanol–water partition coefficient (Wildman–Crippen LogP) is 2.17. The molecule has 0 aliphatic rings. The molecule has 0 aliphatic carbocycles. The number of ether oxygens (including phenoxy) is 2. The molecule has 1 rings (SSSR count). The summed E-state index contributed by atoms with van der Waals surface area (Å²) >= 11 is 0. The fourth-order valence-electron chi connectivity index (χ4n) is 1.92. The van der Waals surface area contributed by atoms with Gasteiger partial charge in [-0.15, -0.1) is 0 Å². The first-order chi connectivity index (χ1) is 9.65. The maximum absolute atomic E-state index is 5.51. The SMILES string of the molecule is CCCNc1ncnc(N(CCOC)C(C)C)c1OC. The van der Waals surface area contributed by atoms with Crippen LogP contribution in [0.2, 0.25) is 0 Å². The van der Waals surface area contributed by atoms with Crippen molar-refractivity contribution in [1.82, 2.24) is 9.97 Å². The maximum Gasteiger partial charge on any atom is 0.204 e. The lowest BCUT2D eigenvalue weighted by Crippen LogP contribution is -2.35. The van der Waals surface area contributed by atoms with Crippen molar-refractivity contribution in [1.29, 1.82) is 0 Å². The summed E-state index contributed by atoms with van der Waals surface area (Å²) in [5, 5.41) is 3.27. The summed E-state index contributed by atoms with van der Waals surface area (Å²) in [7, 11) is 3.35. The van der Waals surface area contributed by atoms with E-state index in [1.54, 1.807) is 20.5 Å². The third kappa shape index (κ3) is 4.23. The first-order valence-electron chi connectivity index (χ1n) is 7.04. The van der Waals surface area contributed by atoms with Crippen LogP contribution in [-0.2, 0) is 4.74 Å². The van der Waals surface area contributed by atoms with Gasteiger partial charge in [-0.1, -0.05) is 6.92 Å². The van der Waals surface area contributed by atoms with E-state index in [0.29, 0.717) is 18.4 Å². The summed E-state index contributed by atoms with van der Waals surface area (Å²) in [5.41, 5.74) is 0. The molecule has 0 aliphatic heterocycles. The Morgan fingerprint density at radius 3 is 2.60 bits per heavy atom. The molecule has 0 bridgehead atoms. The lowest BCUT2D eigenvalue weighted by atomic mass is 10.3. The zero-order valence-electron chi connectivity index (χ0n) is 13.1. The average molecular weight is 282 g/mol. The molecule has 0 fully saturated rings. The second kappa shape index (κ2) is 8.58. The molecular formula is C14H26N4O2. The maximum atomic E-state index is 5.51. The zero-order chi connectivity index (χ0) is 15.0. The van der Waals surface area contributed by atoms with Crippen molar-refractivity contribution in [3.8, 4) is 5.75 Å². The number of hydrogen-bond acceptors (Lipinski definition) is 6. The Balaban J connectivity index is 3.06. The Hall–Kier alpha value is -1.56. The molecule has 114 valence electrons.